The Hall–Kier alpha value is -0.190. The van der Waals surface area contributed by atoms with Gasteiger partial charge in [0.05, 0.1) is 0 Å². The normalized spacial score (nSPS) is 30.1. The van der Waals surface area contributed by atoms with Crippen molar-refractivity contribution < 1.29 is 4.39 Å². The van der Waals surface area contributed by atoms with Gasteiger partial charge in [0.2, 0.25) is 0 Å². The fourth-order valence-electron chi connectivity index (χ4n) is 6.50. The molecule has 3 nitrogen and oxygen atoms in total. The minimum atomic E-state index is -0.930. The molecular formula is C24H44FN3. The van der Waals surface area contributed by atoms with Gasteiger partial charge in [0.15, 0.2) is 0 Å². The number of halogens is 1. The van der Waals surface area contributed by atoms with E-state index in [0.29, 0.717) is 23.4 Å². The molecule has 4 fully saturated rings. The van der Waals surface area contributed by atoms with E-state index in [1.165, 1.54) is 38.9 Å². The second-order valence-corrected chi connectivity index (χ2v) is 11.8. The number of piperazine rings is 1. The molecule has 0 unspecified atom stereocenters. The lowest BCUT2D eigenvalue weighted by atomic mass is 9.64. The van der Waals surface area contributed by atoms with Crippen LogP contribution < -0.4 is 0 Å². The van der Waals surface area contributed by atoms with Crippen LogP contribution in [0, 0.1) is 16.7 Å². The van der Waals surface area contributed by atoms with Gasteiger partial charge >= 0.3 is 0 Å². The van der Waals surface area contributed by atoms with Gasteiger partial charge in [-0.05, 0) is 75.5 Å². The molecule has 2 saturated heterocycles. The average molecular weight is 394 g/mol. The zero-order valence-electron chi connectivity index (χ0n) is 19.0. The van der Waals surface area contributed by atoms with Crippen molar-refractivity contribution in [3.05, 3.63) is 0 Å². The third-order valence-electron chi connectivity index (χ3n) is 8.33. The van der Waals surface area contributed by atoms with Gasteiger partial charge in [-0.2, -0.15) is 0 Å². The van der Waals surface area contributed by atoms with Gasteiger partial charge in [0.1, 0.15) is 5.67 Å². The molecule has 0 N–H and O–H groups in total. The number of hydrogen-bond donors (Lipinski definition) is 0. The van der Waals surface area contributed by atoms with Crippen molar-refractivity contribution in [3.63, 3.8) is 0 Å². The molecule has 28 heavy (non-hydrogen) atoms. The third-order valence-corrected chi connectivity index (χ3v) is 8.33. The Balaban J connectivity index is 1.19. The summed E-state index contributed by atoms with van der Waals surface area (Å²) in [4.78, 5) is 7.62. The maximum Gasteiger partial charge on any atom is 0.123 e. The Morgan fingerprint density at radius 2 is 1.36 bits per heavy atom. The van der Waals surface area contributed by atoms with Crippen LogP contribution in [0.5, 0.6) is 0 Å². The zero-order chi connectivity index (χ0) is 20.0. The molecule has 0 amide bonds. The van der Waals surface area contributed by atoms with Gasteiger partial charge in [-0.15, -0.1) is 0 Å². The molecule has 2 aliphatic carbocycles. The van der Waals surface area contributed by atoms with Gasteiger partial charge in [-0.3, -0.25) is 9.80 Å². The van der Waals surface area contributed by atoms with Crippen LogP contribution in [-0.4, -0.2) is 78.8 Å². The largest absolute Gasteiger partial charge is 0.302 e. The summed E-state index contributed by atoms with van der Waals surface area (Å²) in [5.41, 5.74) is 0.174. The first kappa shape index (κ1) is 21.1. The molecule has 4 heteroatoms. The summed E-state index contributed by atoms with van der Waals surface area (Å²) >= 11 is 0. The maximum absolute atomic E-state index is 15.6. The van der Waals surface area contributed by atoms with Gasteiger partial charge in [-0.1, -0.05) is 13.8 Å². The van der Waals surface area contributed by atoms with Gasteiger partial charge in [0, 0.05) is 58.4 Å². The van der Waals surface area contributed by atoms with E-state index in [-0.39, 0.29) is 0 Å². The Kier molecular flexibility index (Phi) is 5.88. The summed E-state index contributed by atoms with van der Waals surface area (Å²) < 4.78 is 15.6. The first-order valence-electron chi connectivity index (χ1n) is 12.1. The highest BCUT2D eigenvalue weighted by Crippen LogP contribution is 2.54. The van der Waals surface area contributed by atoms with Crippen LogP contribution in [0.1, 0.15) is 72.6 Å². The zero-order valence-corrected chi connectivity index (χ0v) is 19.0. The molecule has 0 bridgehead atoms. The lowest BCUT2D eigenvalue weighted by molar-refractivity contribution is -0.0814. The predicted octanol–water partition coefficient (Wildman–Crippen LogP) is 4.42. The molecule has 2 heterocycles. The molecule has 162 valence electrons. The van der Waals surface area contributed by atoms with E-state index in [9.17, 15) is 0 Å². The lowest BCUT2D eigenvalue weighted by Crippen LogP contribution is -2.61. The summed E-state index contributed by atoms with van der Waals surface area (Å²) in [5, 5.41) is 0. The summed E-state index contributed by atoms with van der Waals surface area (Å²) in [5.74, 6) is 0.821. The van der Waals surface area contributed by atoms with Crippen LogP contribution in [0.25, 0.3) is 0 Å². The highest BCUT2D eigenvalue weighted by atomic mass is 19.1. The fourth-order valence-corrected chi connectivity index (χ4v) is 6.50. The third kappa shape index (κ3) is 4.75. The van der Waals surface area contributed by atoms with Crippen LogP contribution in [0.4, 0.5) is 4.39 Å². The van der Waals surface area contributed by atoms with Crippen molar-refractivity contribution in [1.82, 2.24) is 14.7 Å². The van der Waals surface area contributed by atoms with E-state index in [1.54, 1.807) is 0 Å². The summed E-state index contributed by atoms with van der Waals surface area (Å²) in [7, 11) is 0. The van der Waals surface area contributed by atoms with Crippen LogP contribution in [0.15, 0.2) is 0 Å². The molecule has 0 aromatic rings. The smallest absolute Gasteiger partial charge is 0.123 e. The number of alkyl halides is 1. The van der Waals surface area contributed by atoms with E-state index in [4.69, 9.17) is 0 Å². The monoisotopic (exact) mass is 393 g/mol. The number of likely N-dealkylation sites (tertiary alicyclic amines) is 1. The highest BCUT2D eigenvalue weighted by molar-refractivity contribution is 5.06. The van der Waals surface area contributed by atoms with E-state index >= 15 is 4.39 Å². The predicted molar refractivity (Wildman–Crippen MR) is 115 cm³/mol. The van der Waals surface area contributed by atoms with E-state index in [1.807, 2.05) is 0 Å². The van der Waals surface area contributed by atoms with E-state index in [0.717, 1.165) is 57.8 Å². The summed E-state index contributed by atoms with van der Waals surface area (Å²) in [6.07, 6.45) is 8.09. The molecule has 0 radical (unpaired) electrons. The van der Waals surface area contributed by atoms with Crippen molar-refractivity contribution in [2.75, 3.05) is 52.4 Å². The number of rotatable bonds is 7. The lowest BCUT2D eigenvalue weighted by Gasteiger charge is -2.56. The molecule has 2 saturated carbocycles. The number of hydrogen-bond acceptors (Lipinski definition) is 3. The molecular weight excluding hydrogens is 349 g/mol. The summed E-state index contributed by atoms with van der Waals surface area (Å²) in [6.45, 7) is 18.0. The fraction of sp³-hybridized carbons (Fsp3) is 1.00. The molecule has 4 rings (SSSR count). The SMILES string of the molecule is CC(C)CC1(CN2CC3(CCC(F)(CN4CCN(C(C)C)CC4)CC3)C2)CC1. The highest BCUT2D eigenvalue weighted by Gasteiger charge is 2.53. The first-order valence-corrected chi connectivity index (χ1v) is 12.1. The molecule has 2 aliphatic heterocycles. The van der Waals surface area contributed by atoms with Crippen molar-refractivity contribution in [2.24, 2.45) is 16.7 Å². The standard InChI is InChI=1S/C24H44FN3/c1-20(2)15-22(5-6-22)16-27-17-23(18-27)7-9-24(25,10-8-23)19-26-11-13-28(14-12-26)21(3)4/h20-21H,5-19H2,1-4H3. The second kappa shape index (κ2) is 7.81. The molecule has 1 spiro atoms. The van der Waals surface area contributed by atoms with Gasteiger partial charge < -0.3 is 4.90 Å². The average Bonchev–Trinajstić information content (AvgIpc) is 3.34. The Morgan fingerprint density at radius 3 is 1.86 bits per heavy atom. The van der Waals surface area contributed by atoms with Crippen LogP contribution in [0.3, 0.4) is 0 Å². The second-order valence-electron chi connectivity index (χ2n) is 11.8. The molecule has 0 aromatic heterocycles. The van der Waals surface area contributed by atoms with Crippen molar-refractivity contribution >= 4 is 0 Å². The Bertz CT molecular complexity index is 518. The maximum atomic E-state index is 15.6. The van der Waals surface area contributed by atoms with Crippen molar-refractivity contribution in [3.8, 4) is 0 Å². The Morgan fingerprint density at radius 1 is 0.750 bits per heavy atom. The topological polar surface area (TPSA) is 9.72 Å². The van der Waals surface area contributed by atoms with Crippen LogP contribution >= 0.6 is 0 Å². The molecule has 0 aromatic carbocycles. The van der Waals surface area contributed by atoms with E-state index in [2.05, 4.69) is 42.4 Å². The van der Waals surface area contributed by atoms with Gasteiger partial charge in [-0.25, -0.2) is 4.39 Å². The van der Waals surface area contributed by atoms with Gasteiger partial charge in [0.25, 0.3) is 0 Å². The quantitative estimate of drug-likeness (QED) is 0.634. The van der Waals surface area contributed by atoms with Crippen molar-refractivity contribution in [2.45, 2.75) is 84.4 Å². The van der Waals surface area contributed by atoms with Crippen molar-refractivity contribution in [1.29, 1.82) is 0 Å². The molecule has 0 atom stereocenters. The van der Waals surface area contributed by atoms with Crippen LogP contribution in [0.2, 0.25) is 0 Å². The Labute approximate surface area is 173 Å². The summed E-state index contributed by atoms with van der Waals surface area (Å²) in [6, 6.07) is 0.618. The van der Waals surface area contributed by atoms with Crippen LogP contribution in [-0.2, 0) is 0 Å². The van der Waals surface area contributed by atoms with E-state index < -0.39 is 5.67 Å². The minimum absolute atomic E-state index is 0.458. The number of nitrogens with zero attached hydrogens (tertiary/aromatic N) is 3. The first-order chi connectivity index (χ1) is 13.2. The molecule has 4 aliphatic rings. The minimum Gasteiger partial charge on any atom is -0.302 e.